The van der Waals surface area contributed by atoms with E-state index in [-0.39, 0.29) is 10.3 Å². The zero-order chi connectivity index (χ0) is 15.7. The lowest BCUT2D eigenvalue weighted by atomic mass is 9.82. The Bertz CT molecular complexity index is 615. The first-order chi connectivity index (χ1) is 9.88. The van der Waals surface area contributed by atoms with Crippen LogP contribution >= 0.6 is 11.6 Å². The van der Waals surface area contributed by atoms with Gasteiger partial charge in [-0.3, -0.25) is 0 Å². The Morgan fingerprint density at radius 3 is 2.57 bits per heavy atom. The molecule has 1 aromatic heterocycles. The van der Waals surface area contributed by atoms with Gasteiger partial charge in [-0.05, 0) is 30.7 Å². The maximum absolute atomic E-state index is 12.7. The molecule has 1 aliphatic rings. The molecule has 118 valence electrons. The van der Waals surface area contributed by atoms with E-state index in [0.717, 1.165) is 19.3 Å². The second-order valence-electron chi connectivity index (χ2n) is 5.55. The smallest absolute Gasteiger partial charge is 0.244 e. The number of sulfonamides is 1. The quantitative estimate of drug-likeness (QED) is 0.901. The molecule has 1 N–H and O–H groups in total. The third-order valence-electron chi connectivity index (χ3n) is 4.59. The minimum absolute atomic E-state index is 0.106. The fourth-order valence-electron chi connectivity index (χ4n) is 2.82. The van der Waals surface area contributed by atoms with Crippen molar-refractivity contribution < 1.29 is 8.42 Å². The number of pyridine rings is 1. The molecule has 0 saturated carbocycles. The molecule has 21 heavy (non-hydrogen) atoms. The molecule has 5 nitrogen and oxygen atoms in total. The van der Waals surface area contributed by atoms with Gasteiger partial charge in [-0.2, -0.15) is 4.31 Å². The number of nitrogens with zero attached hydrogens (tertiary/aromatic N) is 2. The topological polar surface area (TPSA) is 62.3 Å². The molecule has 1 saturated heterocycles. The Hall–Kier alpha value is -0.850. The van der Waals surface area contributed by atoms with Crippen LogP contribution in [0.1, 0.15) is 33.1 Å². The Morgan fingerprint density at radius 2 is 2.10 bits per heavy atom. The van der Waals surface area contributed by atoms with Gasteiger partial charge >= 0.3 is 0 Å². The summed E-state index contributed by atoms with van der Waals surface area (Å²) < 4.78 is 27.0. The molecular formula is C14H22ClN3O2S. The first kappa shape index (κ1) is 16.5. The van der Waals surface area contributed by atoms with Crippen molar-refractivity contribution in [3.8, 4) is 0 Å². The number of aromatic nitrogens is 1. The molecule has 0 amide bonds. The van der Waals surface area contributed by atoms with Gasteiger partial charge in [0.05, 0.1) is 5.02 Å². The zero-order valence-electron chi connectivity index (χ0n) is 12.7. The Balaban J connectivity index is 2.29. The minimum Gasteiger partial charge on any atom is -0.372 e. The summed E-state index contributed by atoms with van der Waals surface area (Å²) in [6, 6.07) is 1.47. The molecule has 2 heterocycles. The van der Waals surface area contributed by atoms with Crippen LogP contribution < -0.4 is 5.32 Å². The SMILES string of the molecule is CCC1(CC)CCN(S(=O)(=O)c2cnc(NC)c(Cl)c2)C1. The molecule has 0 unspecified atom stereocenters. The summed E-state index contributed by atoms with van der Waals surface area (Å²) in [6.45, 7) is 5.39. The number of anilines is 1. The molecule has 7 heteroatoms. The fourth-order valence-corrected chi connectivity index (χ4v) is 4.67. The van der Waals surface area contributed by atoms with Gasteiger partial charge in [-0.1, -0.05) is 25.4 Å². The van der Waals surface area contributed by atoms with Crippen LogP contribution in [-0.4, -0.2) is 37.8 Å². The van der Waals surface area contributed by atoms with E-state index < -0.39 is 10.0 Å². The van der Waals surface area contributed by atoms with E-state index in [2.05, 4.69) is 24.1 Å². The average Bonchev–Trinajstić information content (AvgIpc) is 2.93. The molecular weight excluding hydrogens is 310 g/mol. The largest absolute Gasteiger partial charge is 0.372 e. The lowest BCUT2D eigenvalue weighted by Crippen LogP contribution is -2.32. The highest BCUT2D eigenvalue weighted by atomic mass is 35.5. The van der Waals surface area contributed by atoms with Crippen molar-refractivity contribution in [3.05, 3.63) is 17.3 Å². The zero-order valence-corrected chi connectivity index (χ0v) is 14.3. The van der Waals surface area contributed by atoms with Gasteiger partial charge in [0.15, 0.2) is 0 Å². The predicted octanol–water partition coefficient (Wildman–Crippen LogP) is 2.98. The molecule has 0 atom stereocenters. The maximum Gasteiger partial charge on any atom is 0.244 e. The lowest BCUT2D eigenvalue weighted by molar-refractivity contribution is 0.279. The third kappa shape index (κ3) is 3.03. The number of hydrogen-bond donors (Lipinski definition) is 1. The summed E-state index contributed by atoms with van der Waals surface area (Å²) in [7, 11) is -1.82. The Morgan fingerprint density at radius 1 is 1.43 bits per heavy atom. The van der Waals surface area contributed by atoms with Gasteiger partial charge in [0.1, 0.15) is 10.7 Å². The van der Waals surface area contributed by atoms with Crippen LogP contribution in [0.3, 0.4) is 0 Å². The van der Waals surface area contributed by atoms with Gasteiger partial charge in [-0.15, -0.1) is 0 Å². The maximum atomic E-state index is 12.7. The first-order valence-corrected chi connectivity index (χ1v) is 9.04. The van der Waals surface area contributed by atoms with E-state index in [1.165, 1.54) is 12.3 Å². The normalized spacial score (nSPS) is 18.9. The van der Waals surface area contributed by atoms with E-state index in [9.17, 15) is 8.42 Å². The Kier molecular flexibility index (Phi) is 4.80. The number of nitrogens with one attached hydrogen (secondary N) is 1. The van der Waals surface area contributed by atoms with Crippen LogP contribution in [0.2, 0.25) is 5.02 Å². The molecule has 1 fully saturated rings. The summed E-state index contributed by atoms with van der Waals surface area (Å²) in [5.74, 6) is 0.480. The van der Waals surface area contributed by atoms with E-state index >= 15 is 0 Å². The lowest BCUT2D eigenvalue weighted by Gasteiger charge is -2.26. The number of rotatable bonds is 5. The Labute approximate surface area is 131 Å². The van der Waals surface area contributed by atoms with Gasteiger partial charge < -0.3 is 5.32 Å². The monoisotopic (exact) mass is 331 g/mol. The van der Waals surface area contributed by atoms with Crippen molar-refractivity contribution in [3.63, 3.8) is 0 Å². The van der Waals surface area contributed by atoms with E-state index in [1.807, 2.05) is 0 Å². The van der Waals surface area contributed by atoms with Crippen molar-refractivity contribution >= 4 is 27.4 Å². The average molecular weight is 332 g/mol. The summed E-state index contributed by atoms with van der Waals surface area (Å²) >= 11 is 6.04. The molecule has 0 bridgehead atoms. The second-order valence-corrected chi connectivity index (χ2v) is 7.89. The number of halogens is 1. The second kappa shape index (κ2) is 6.10. The summed E-state index contributed by atoms with van der Waals surface area (Å²) in [4.78, 5) is 4.22. The highest BCUT2D eigenvalue weighted by Gasteiger charge is 2.40. The molecule has 0 aromatic carbocycles. The van der Waals surface area contributed by atoms with Crippen LogP contribution in [0.25, 0.3) is 0 Å². The molecule has 0 radical (unpaired) electrons. The van der Waals surface area contributed by atoms with E-state index in [0.29, 0.717) is 23.9 Å². The van der Waals surface area contributed by atoms with Crippen molar-refractivity contribution in [2.75, 3.05) is 25.5 Å². The first-order valence-electron chi connectivity index (χ1n) is 7.22. The number of hydrogen-bond acceptors (Lipinski definition) is 4. The predicted molar refractivity (Wildman–Crippen MR) is 85.2 cm³/mol. The van der Waals surface area contributed by atoms with Crippen LogP contribution in [0.5, 0.6) is 0 Å². The van der Waals surface area contributed by atoms with Crippen LogP contribution in [-0.2, 0) is 10.0 Å². The molecule has 0 aliphatic carbocycles. The summed E-state index contributed by atoms with van der Waals surface area (Å²) in [5.41, 5.74) is 0.106. The highest BCUT2D eigenvalue weighted by molar-refractivity contribution is 7.89. The van der Waals surface area contributed by atoms with Gasteiger partial charge in [0.25, 0.3) is 0 Å². The van der Waals surface area contributed by atoms with Crippen LogP contribution in [0.4, 0.5) is 5.82 Å². The van der Waals surface area contributed by atoms with E-state index in [1.54, 1.807) is 11.4 Å². The van der Waals surface area contributed by atoms with Gasteiger partial charge in [0.2, 0.25) is 10.0 Å². The standard InChI is InChI=1S/C14H22ClN3O2S/c1-4-14(5-2)6-7-18(10-14)21(19,20)11-8-12(15)13(16-3)17-9-11/h8-9H,4-7,10H2,1-3H3,(H,16,17). The molecule has 0 spiro atoms. The summed E-state index contributed by atoms with van der Waals surface area (Å²) in [5, 5.41) is 3.14. The molecule has 1 aliphatic heterocycles. The van der Waals surface area contributed by atoms with Crippen molar-refractivity contribution in [2.45, 2.75) is 38.0 Å². The fraction of sp³-hybridized carbons (Fsp3) is 0.643. The van der Waals surface area contributed by atoms with Crippen molar-refractivity contribution in [2.24, 2.45) is 5.41 Å². The minimum atomic E-state index is -3.52. The molecule has 2 rings (SSSR count). The third-order valence-corrected chi connectivity index (χ3v) is 6.69. The van der Waals surface area contributed by atoms with Gasteiger partial charge in [0, 0.05) is 26.3 Å². The van der Waals surface area contributed by atoms with Crippen molar-refractivity contribution in [1.29, 1.82) is 0 Å². The molecule has 1 aromatic rings. The van der Waals surface area contributed by atoms with Crippen molar-refractivity contribution in [1.82, 2.24) is 9.29 Å². The van der Waals surface area contributed by atoms with Crippen LogP contribution in [0, 0.1) is 5.41 Å². The summed E-state index contributed by atoms with van der Waals surface area (Å²) in [6.07, 6.45) is 4.26. The van der Waals surface area contributed by atoms with Gasteiger partial charge in [-0.25, -0.2) is 13.4 Å². The highest BCUT2D eigenvalue weighted by Crippen LogP contribution is 2.39. The van der Waals surface area contributed by atoms with E-state index in [4.69, 9.17) is 11.6 Å². The van der Waals surface area contributed by atoms with Crippen LogP contribution in [0.15, 0.2) is 17.2 Å².